The molecule has 0 aromatic heterocycles. The Morgan fingerprint density at radius 1 is 0.458 bits per heavy atom. The normalized spacial score (nSPS) is 13.1. The highest BCUT2D eigenvalue weighted by Crippen LogP contribution is 2.42. The Hall–Kier alpha value is -0.990. The number of carbonyl (C=O) groups is 2. The molecule has 0 saturated heterocycles. The molecule has 0 spiro atoms. The van der Waals surface area contributed by atoms with Gasteiger partial charge in [0, 0.05) is 19.4 Å². The van der Waals surface area contributed by atoms with Gasteiger partial charge in [-0.25, -0.2) is 4.57 Å². The SMILES string of the molecule is CCCCCCCCCCCCCCCCCCCCCCCCC(=O)OCC(O)COP(=O)(O)OCCNC(=O)CCCCCCCCCCCCCCCCCC. The summed E-state index contributed by atoms with van der Waals surface area (Å²) in [5.41, 5.74) is 0. The number of hydrogen-bond donors (Lipinski definition) is 3. The zero-order chi connectivity index (χ0) is 43.2. The Bertz CT molecular complexity index is 938. The molecule has 0 aliphatic heterocycles. The molecule has 0 aromatic rings. The smallest absolute Gasteiger partial charge is 0.463 e. The molecule has 0 rings (SSSR count). The van der Waals surface area contributed by atoms with E-state index in [4.69, 9.17) is 13.8 Å². The van der Waals surface area contributed by atoms with Crippen LogP contribution in [0, 0.1) is 0 Å². The molecule has 9 nitrogen and oxygen atoms in total. The summed E-state index contributed by atoms with van der Waals surface area (Å²) in [6.45, 7) is 3.62. The van der Waals surface area contributed by atoms with Crippen molar-refractivity contribution in [2.45, 2.75) is 277 Å². The lowest BCUT2D eigenvalue weighted by molar-refractivity contribution is -0.147. The number of hydrogen-bond acceptors (Lipinski definition) is 7. The number of phosphoric ester groups is 1. The van der Waals surface area contributed by atoms with Gasteiger partial charge in [0.25, 0.3) is 0 Å². The number of unbranched alkanes of at least 4 members (excludes halogenated alkanes) is 36. The van der Waals surface area contributed by atoms with E-state index in [2.05, 4.69) is 19.2 Å². The first kappa shape index (κ1) is 58.0. The van der Waals surface area contributed by atoms with Crippen molar-refractivity contribution in [3.8, 4) is 0 Å². The molecule has 2 atom stereocenters. The van der Waals surface area contributed by atoms with Crippen LogP contribution in [-0.2, 0) is 27.9 Å². The second-order valence-electron chi connectivity index (χ2n) is 17.5. The quantitative estimate of drug-likeness (QED) is 0.0313. The van der Waals surface area contributed by atoms with E-state index < -0.39 is 26.5 Å². The third-order valence-electron chi connectivity index (χ3n) is 11.5. The Morgan fingerprint density at radius 3 is 1.10 bits per heavy atom. The second-order valence-corrected chi connectivity index (χ2v) is 19.0. The van der Waals surface area contributed by atoms with Crippen LogP contribution in [0.5, 0.6) is 0 Å². The van der Waals surface area contributed by atoms with E-state index in [-0.39, 0.29) is 25.7 Å². The maximum atomic E-state index is 12.1. The van der Waals surface area contributed by atoms with Gasteiger partial charge in [-0.05, 0) is 12.8 Å². The van der Waals surface area contributed by atoms with Gasteiger partial charge in [0.2, 0.25) is 5.91 Å². The fraction of sp³-hybridized carbons (Fsp3) is 0.959. The number of esters is 1. The molecule has 2 unspecified atom stereocenters. The molecule has 3 N–H and O–H groups in total. The van der Waals surface area contributed by atoms with Crippen molar-refractivity contribution < 1.29 is 37.9 Å². The minimum atomic E-state index is -4.41. The molecule has 352 valence electrons. The topological polar surface area (TPSA) is 131 Å². The van der Waals surface area contributed by atoms with E-state index in [9.17, 15) is 24.2 Å². The van der Waals surface area contributed by atoms with Crippen LogP contribution in [-0.4, -0.2) is 54.3 Å². The van der Waals surface area contributed by atoms with E-state index in [0.29, 0.717) is 12.8 Å². The highest BCUT2D eigenvalue weighted by Gasteiger charge is 2.23. The van der Waals surface area contributed by atoms with Crippen molar-refractivity contribution in [2.24, 2.45) is 0 Å². The number of phosphoric acid groups is 1. The van der Waals surface area contributed by atoms with Crippen molar-refractivity contribution in [1.82, 2.24) is 5.32 Å². The molecule has 0 heterocycles. The molecule has 0 saturated carbocycles. The van der Waals surface area contributed by atoms with Crippen molar-refractivity contribution in [3.05, 3.63) is 0 Å². The van der Waals surface area contributed by atoms with Crippen LogP contribution in [0.15, 0.2) is 0 Å². The summed E-state index contributed by atoms with van der Waals surface area (Å²) in [6.07, 6.45) is 49.0. The summed E-state index contributed by atoms with van der Waals surface area (Å²) < 4.78 is 27.0. The fourth-order valence-electron chi connectivity index (χ4n) is 7.68. The van der Waals surface area contributed by atoms with Crippen LogP contribution < -0.4 is 5.32 Å². The van der Waals surface area contributed by atoms with Crippen molar-refractivity contribution in [1.29, 1.82) is 0 Å². The van der Waals surface area contributed by atoms with E-state index >= 15 is 0 Å². The predicted octanol–water partition coefficient (Wildman–Crippen LogP) is 14.8. The highest BCUT2D eigenvalue weighted by atomic mass is 31.2. The lowest BCUT2D eigenvalue weighted by atomic mass is 10.0. The average Bonchev–Trinajstić information content (AvgIpc) is 3.22. The van der Waals surface area contributed by atoms with Crippen LogP contribution in [0.1, 0.15) is 271 Å². The molecule has 59 heavy (non-hydrogen) atoms. The third-order valence-corrected chi connectivity index (χ3v) is 12.5. The Balaban J connectivity index is 3.50. The number of aliphatic hydroxyl groups excluding tert-OH is 1. The molecule has 1 amide bonds. The van der Waals surface area contributed by atoms with Crippen molar-refractivity contribution in [2.75, 3.05) is 26.4 Å². The van der Waals surface area contributed by atoms with E-state index in [0.717, 1.165) is 38.5 Å². The zero-order valence-corrected chi connectivity index (χ0v) is 39.9. The number of carbonyl (C=O) groups excluding carboxylic acids is 2. The maximum Gasteiger partial charge on any atom is 0.472 e. The average molecular weight is 860 g/mol. The zero-order valence-electron chi connectivity index (χ0n) is 39.0. The Morgan fingerprint density at radius 2 is 0.763 bits per heavy atom. The van der Waals surface area contributed by atoms with Gasteiger partial charge in [-0.3, -0.25) is 18.6 Å². The summed E-state index contributed by atoms with van der Waals surface area (Å²) in [7, 11) is -4.41. The number of nitrogens with one attached hydrogen (secondary N) is 1. The Kier molecular flexibility index (Phi) is 45.7. The van der Waals surface area contributed by atoms with Crippen LogP contribution >= 0.6 is 7.82 Å². The van der Waals surface area contributed by atoms with Gasteiger partial charge in [-0.15, -0.1) is 0 Å². The first-order valence-corrected chi connectivity index (χ1v) is 27.0. The number of rotatable bonds is 49. The molecule has 0 aliphatic rings. The molecular formula is C49H98NO8P. The van der Waals surface area contributed by atoms with Gasteiger partial charge in [-0.2, -0.15) is 0 Å². The lowest BCUT2D eigenvalue weighted by Crippen LogP contribution is -2.27. The van der Waals surface area contributed by atoms with Crippen LogP contribution in [0.4, 0.5) is 0 Å². The van der Waals surface area contributed by atoms with Crippen molar-refractivity contribution >= 4 is 19.7 Å². The van der Waals surface area contributed by atoms with Crippen LogP contribution in [0.3, 0.4) is 0 Å². The monoisotopic (exact) mass is 860 g/mol. The van der Waals surface area contributed by atoms with Gasteiger partial charge in [-0.1, -0.05) is 245 Å². The first-order valence-electron chi connectivity index (χ1n) is 25.5. The van der Waals surface area contributed by atoms with Gasteiger partial charge in [0.1, 0.15) is 12.7 Å². The van der Waals surface area contributed by atoms with Crippen LogP contribution in [0.25, 0.3) is 0 Å². The van der Waals surface area contributed by atoms with Gasteiger partial charge in [0.15, 0.2) is 0 Å². The minimum Gasteiger partial charge on any atom is -0.463 e. The first-order chi connectivity index (χ1) is 28.8. The predicted molar refractivity (Wildman–Crippen MR) is 248 cm³/mol. The van der Waals surface area contributed by atoms with Gasteiger partial charge < -0.3 is 20.1 Å². The fourth-order valence-corrected chi connectivity index (χ4v) is 8.44. The van der Waals surface area contributed by atoms with E-state index in [1.54, 1.807) is 0 Å². The van der Waals surface area contributed by atoms with Gasteiger partial charge >= 0.3 is 13.8 Å². The molecule has 0 fully saturated rings. The standard InChI is InChI=1S/C49H98NO8P/c1-3-5-7-9-11-13-15-17-19-21-22-23-24-25-26-28-30-32-34-36-38-40-42-49(53)56-45-47(51)46-58-59(54,55)57-44-43-50-48(52)41-39-37-35-33-31-29-27-20-18-16-14-12-10-8-6-4-2/h47,51H,3-46H2,1-2H3,(H,50,52)(H,54,55). The summed E-state index contributed by atoms with van der Waals surface area (Å²) in [5.74, 6) is -0.499. The molecule has 0 aromatic carbocycles. The number of amides is 1. The van der Waals surface area contributed by atoms with E-state index in [1.165, 1.54) is 205 Å². The molecule has 0 radical (unpaired) electrons. The summed E-state index contributed by atoms with van der Waals surface area (Å²) in [5, 5.41) is 12.7. The minimum absolute atomic E-state index is 0.0886. The largest absolute Gasteiger partial charge is 0.472 e. The molecular weight excluding hydrogens is 762 g/mol. The summed E-state index contributed by atoms with van der Waals surface area (Å²) >= 11 is 0. The number of aliphatic hydroxyl groups is 1. The van der Waals surface area contributed by atoms with Crippen LogP contribution in [0.2, 0.25) is 0 Å². The molecule has 10 heteroatoms. The highest BCUT2D eigenvalue weighted by molar-refractivity contribution is 7.47. The lowest BCUT2D eigenvalue weighted by Gasteiger charge is -2.15. The van der Waals surface area contributed by atoms with Crippen molar-refractivity contribution in [3.63, 3.8) is 0 Å². The molecule has 0 aliphatic carbocycles. The van der Waals surface area contributed by atoms with E-state index in [1.807, 2.05) is 0 Å². The molecule has 0 bridgehead atoms. The third kappa shape index (κ3) is 47.9. The second kappa shape index (κ2) is 46.5. The van der Waals surface area contributed by atoms with Gasteiger partial charge in [0.05, 0.1) is 13.2 Å². The summed E-state index contributed by atoms with van der Waals surface area (Å²) in [4.78, 5) is 34.0. The Labute approximate surface area is 365 Å². The summed E-state index contributed by atoms with van der Waals surface area (Å²) in [6, 6.07) is 0. The maximum absolute atomic E-state index is 12.1. The number of ether oxygens (including phenoxy) is 1.